The number of nitrogens with zero attached hydrogens (tertiary/aromatic N) is 3. The molecule has 1 aromatic heterocycles. The van der Waals surface area contributed by atoms with Gasteiger partial charge in [-0.05, 0) is 32.1 Å². The summed E-state index contributed by atoms with van der Waals surface area (Å²) in [5.41, 5.74) is 0.125. The Morgan fingerprint density at radius 3 is 2.93 bits per heavy atom. The summed E-state index contributed by atoms with van der Waals surface area (Å²) in [5.74, 6) is 0.400. The third-order valence-electron chi connectivity index (χ3n) is 2.94. The molecule has 1 N–H and O–H groups in total. The van der Waals surface area contributed by atoms with Crippen LogP contribution in [0.5, 0.6) is 0 Å². The van der Waals surface area contributed by atoms with Crippen molar-refractivity contribution in [2.45, 2.75) is 45.3 Å². The zero-order chi connectivity index (χ0) is 10.2. The highest BCUT2D eigenvalue weighted by Crippen LogP contribution is 2.45. The van der Waals surface area contributed by atoms with Gasteiger partial charge in [-0.2, -0.15) is 0 Å². The molecule has 1 unspecified atom stereocenters. The van der Waals surface area contributed by atoms with Crippen molar-refractivity contribution in [1.29, 1.82) is 0 Å². The van der Waals surface area contributed by atoms with E-state index in [9.17, 15) is 5.11 Å². The molecule has 0 aromatic carbocycles. The van der Waals surface area contributed by atoms with E-state index in [1.54, 1.807) is 6.20 Å². The molecule has 78 valence electrons. The molecular weight excluding hydrogens is 178 g/mol. The average Bonchev–Trinajstić information content (AvgIpc) is 2.88. The van der Waals surface area contributed by atoms with Crippen LogP contribution < -0.4 is 0 Å². The Bertz CT molecular complexity index is 315. The molecule has 2 rings (SSSR count). The summed E-state index contributed by atoms with van der Waals surface area (Å²) in [4.78, 5) is 0. The molecule has 1 aliphatic rings. The van der Waals surface area contributed by atoms with E-state index >= 15 is 0 Å². The van der Waals surface area contributed by atoms with Crippen LogP contribution in [0.3, 0.4) is 0 Å². The van der Waals surface area contributed by atoms with Crippen LogP contribution in [-0.2, 0) is 12.1 Å². The maximum absolute atomic E-state index is 10.3. The number of aromatic nitrogens is 3. The van der Waals surface area contributed by atoms with Crippen LogP contribution in [0, 0.1) is 5.92 Å². The minimum atomic E-state index is -0.737. The molecule has 4 nitrogen and oxygen atoms in total. The van der Waals surface area contributed by atoms with Crippen LogP contribution in [0.25, 0.3) is 0 Å². The maximum Gasteiger partial charge on any atom is 0.108 e. The summed E-state index contributed by atoms with van der Waals surface area (Å²) in [5, 5.41) is 18.2. The molecule has 0 saturated heterocycles. The lowest BCUT2D eigenvalue weighted by Gasteiger charge is -2.23. The van der Waals surface area contributed by atoms with Crippen LogP contribution in [-0.4, -0.2) is 20.1 Å². The minimum Gasteiger partial charge on any atom is -0.384 e. The van der Waals surface area contributed by atoms with Gasteiger partial charge in [0.05, 0.1) is 11.9 Å². The van der Waals surface area contributed by atoms with Crippen molar-refractivity contribution < 1.29 is 5.11 Å². The van der Waals surface area contributed by atoms with E-state index in [-0.39, 0.29) is 0 Å². The second-order valence-corrected chi connectivity index (χ2v) is 4.26. The van der Waals surface area contributed by atoms with Crippen LogP contribution in [0.1, 0.15) is 38.8 Å². The second-order valence-electron chi connectivity index (χ2n) is 4.26. The number of rotatable bonds is 4. The monoisotopic (exact) mass is 195 g/mol. The lowest BCUT2D eigenvalue weighted by molar-refractivity contribution is 0.0237. The molecule has 0 bridgehead atoms. The van der Waals surface area contributed by atoms with Gasteiger partial charge in [-0.15, -0.1) is 5.10 Å². The highest BCUT2D eigenvalue weighted by atomic mass is 16.3. The smallest absolute Gasteiger partial charge is 0.108 e. The molecule has 1 aromatic rings. The topological polar surface area (TPSA) is 50.9 Å². The Hall–Kier alpha value is -0.900. The molecule has 1 atom stereocenters. The van der Waals surface area contributed by atoms with E-state index in [4.69, 9.17) is 0 Å². The highest BCUT2D eigenvalue weighted by Gasteiger charge is 2.43. The minimum absolute atomic E-state index is 0.400. The average molecular weight is 195 g/mol. The summed E-state index contributed by atoms with van der Waals surface area (Å²) >= 11 is 0. The SMILES string of the molecule is CCCn1nncc1C(C)(O)C1CC1. The van der Waals surface area contributed by atoms with Crippen molar-refractivity contribution in [3.8, 4) is 0 Å². The number of hydrogen-bond acceptors (Lipinski definition) is 3. The van der Waals surface area contributed by atoms with Crippen molar-refractivity contribution in [2.24, 2.45) is 5.92 Å². The molecule has 1 saturated carbocycles. The fraction of sp³-hybridized carbons (Fsp3) is 0.800. The van der Waals surface area contributed by atoms with Gasteiger partial charge in [0, 0.05) is 6.54 Å². The quantitative estimate of drug-likeness (QED) is 0.788. The van der Waals surface area contributed by atoms with Crippen molar-refractivity contribution in [3.63, 3.8) is 0 Å². The predicted octanol–water partition coefficient (Wildman–Crippen LogP) is 1.31. The molecular formula is C10H17N3O. The van der Waals surface area contributed by atoms with Gasteiger partial charge in [-0.1, -0.05) is 12.1 Å². The van der Waals surface area contributed by atoms with E-state index in [2.05, 4.69) is 17.2 Å². The lowest BCUT2D eigenvalue weighted by Crippen LogP contribution is -2.27. The van der Waals surface area contributed by atoms with Gasteiger partial charge >= 0.3 is 0 Å². The number of aliphatic hydroxyl groups is 1. The van der Waals surface area contributed by atoms with Crippen LogP contribution in [0.4, 0.5) is 0 Å². The zero-order valence-electron chi connectivity index (χ0n) is 8.77. The fourth-order valence-corrected chi connectivity index (χ4v) is 1.88. The summed E-state index contributed by atoms with van der Waals surface area (Å²) in [6.07, 6.45) is 4.93. The van der Waals surface area contributed by atoms with E-state index in [1.807, 2.05) is 11.6 Å². The normalized spacial score (nSPS) is 20.8. The first kappa shape index (κ1) is 9.65. The van der Waals surface area contributed by atoms with Crippen molar-refractivity contribution in [1.82, 2.24) is 15.0 Å². The Labute approximate surface area is 83.9 Å². The Balaban J connectivity index is 2.25. The summed E-state index contributed by atoms with van der Waals surface area (Å²) in [6, 6.07) is 0. The molecule has 1 fully saturated rings. The maximum atomic E-state index is 10.3. The van der Waals surface area contributed by atoms with Gasteiger partial charge in [0.15, 0.2) is 0 Å². The Morgan fingerprint density at radius 2 is 2.36 bits per heavy atom. The summed E-state index contributed by atoms with van der Waals surface area (Å²) in [6.45, 7) is 4.80. The van der Waals surface area contributed by atoms with Gasteiger partial charge in [0.2, 0.25) is 0 Å². The van der Waals surface area contributed by atoms with Gasteiger partial charge in [0.25, 0.3) is 0 Å². The Morgan fingerprint density at radius 1 is 1.64 bits per heavy atom. The first-order valence-electron chi connectivity index (χ1n) is 5.27. The molecule has 4 heteroatoms. The first-order chi connectivity index (χ1) is 6.66. The molecule has 1 heterocycles. The fourth-order valence-electron chi connectivity index (χ4n) is 1.88. The Kier molecular flexibility index (Phi) is 2.31. The van der Waals surface area contributed by atoms with Crippen molar-refractivity contribution in [2.75, 3.05) is 0 Å². The van der Waals surface area contributed by atoms with Crippen LogP contribution in [0.2, 0.25) is 0 Å². The van der Waals surface area contributed by atoms with E-state index in [0.717, 1.165) is 31.5 Å². The van der Waals surface area contributed by atoms with E-state index in [1.165, 1.54) is 0 Å². The van der Waals surface area contributed by atoms with Gasteiger partial charge in [0.1, 0.15) is 5.60 Å². The van der Waals surface area contributed by atoms with E-state index < -0.39 is 5.60 Å². The number of aryl methyl sites for hydroxylation is 1. The summed E-state index contributed by atoms with van der Waals surface area (Å²) < 4.78 is 1.82. The number of hydrogen-bond donors (Lipinski definition) is 1. The van der Waals surface area contributed by atoms with Gasteiger partial charge in [-0.3, -0.25) is 0 Å². The van der Waals surface area contributed by atoms with Crippen molar-refractivity contribution in [3.05, 3.63) is 11.9 Å². The van der Waals surface area contributed by atoms with Crippen LogP contribution >= 0.6 is 0 Å². The van der Waals surface area contributed by atoms with Gasteiger partial charge < -0.3 is 5.11 Å². The second kappa shape index (κ2) is 3.35. The predicted molar refractivity (Wildman–Crippen MR) is 52.6 cm³/mol. The first-order valence-corrected chi connectivity index (χ1v) is 5.27. The van der Waals surface area contributed by atoms with Crippen molar-refractivity contribution >= 4 is 0 Å². The van der Waals surface area contributed by atoms with Crippen LogP contribution in [0.15, 0.2) is 6.20 Å². The molecule has 0 amide bonds. The molecule has 14 heavy (non-hydrogen) atoms. The van der Waals surface area contributed by atoms with E-state index in [0.29, 0.717) is 5.92 Å². The third kappa shape index (κ3) is 1.54. The molecule has 0 spiro atoms. The molecule has 1 aliphatic carbocycles. The zero-order valence-corrected chi connectivity index (χ0v) is 8.77. The van der Waals surface area contributed by atoms with Gasteiger partial charge in [-0.25, -0.2) is 4.68 Å². The molecule has 0 radical (unpaired) electrons. The summed E-state index contributed by atoms with van der Waals surface area (Å²) in [7, 11) is 0. The molecule has 0 aliphatic heterocycles. The standard InChI is InChI=1S/C10H17N3O/c1-3-6-13-9(7-11-12-13)10(2,14)8-4-5-8/h7-8,14H,3-6H2,1-2H3. The lowest BCUT2D eigenvalue weighted by atomic mass is 9.97. The largest absolute Gasteiger partial charge is 0.384 e. The highest BCUT2D eigenvalue weighted by molar-refractivity contribution is 5.11. The third-order valence-corrected chi connectivity index (χ3v) is 2.94.